The van der Waals surface area contributed by atoms with Crippen molar-refractivity contribution >= 4 is 5.91 Å². The number of hydrogen-bond donors (Lipinski definition) is 0. The van der Waals surface area contributed by atoms with E-state index >= 15 is 0 Å². The summed E-state index contributed by atoms with van der Waals surface area (Å²) in [4.78, 5) is 14.3. The first-order valence-electron chi connectivity index (χ1n) is 6.59. The van der Waals surface area contributed by atoms with Gasteiger partial charge in [-0.15, -0.1) is 0 Å². The van der Waals surface area contributed by atoms with Gasteiger partial charge in [-0.2, -0.15) is 0 Å². The molecule has 0 bridgehead atoms. The van der Waals surface area contributed by atoms with E-state index in [9.17, 15) is 4.79 Å². The molecule has 0 aliphatic carbocycles. The van der Waals surface area contributed by atoms with Gasteiger partial charge in [-0.1, -0.05) is 42.5 Å². The second kappa shape index (κ2) is 4.54. The lowest BCUT2D eigenvalue weighted by Crippen LogP contribution is -2.37. The van der Waals surface area contributed by atoms with Crippen LogP contribution in [0.5, 0.6) is 0 Å². The maximum Gasteiger partial charge on any atom is 0.254 e. The van der Waals surface area contributed by atoms with Crippen LogP contribution in [-0.4, -0.2) is 17.9 Å². The molecular formula is C17H17NO. The topological polar surface area (TPSA) is 20.3 Å². The first kappa shape index (κ1) is 12.0. The number of benzene rings is 2. The Hall–Kier alpha value is -2.09. The monoisotopic (exact) mass is 251 g/mol. The van der Waals surface area contributed by atoms with Crippen molar-refractivity contribution in [3.8, 4) is 0 Å². The molecule has 2 aromatic carbocycles. The SMILES string of the molecule is Cc1ccccc1C1Cc2ccccc2C(=O)N1C. The van der Waals surface area contributed by atoms with Crippen LogP contribution >= 0.6 is 0 Å². The highest BCUT2D eigenvalue weighted by Crippen LogP contribution is 2.33. The number of hydrogen-bond acceptors (Lipinski definition) is 1. The summed E-state index contributed by atoms with van der Waals surface area (Å²) >= 11 is 0. The lowest BCUT2D eigenvalue weighted by atomic mass is 9.88. The standard InChI is InChI=1S/C17H17NO/c1-12-7-3-5-9-14(12)16-11-13-8-4-6-10-15(13)17(19)18(16)2/h3-10,16H,11H2,1-2H3. The van der Waals surface area contributed by atoms with Gasteiger partial charge in [0.1, 0.15) is 0 Å². The van der Waals surface area contributed by atoms with E-state index in [1.165, 1.54) is 11.1 Å². The fourth-order valence-corrected chi connectivity index (χ4v) is 2.86. The van der Waals surface area contributed by atoms with Gasteiger partial charge in [0.25, 0.3) is 5.91 Å². The van der Waals surface area contributed by atoms with E-state index in [0.717, 1.165) is 17.5 Å². The van der Waals surface area contributed by atoms with Crippen LogP contribution in [0.1, 0.15) is 33.1 Å². The number of likely N-dealkylation sites (N-methyl/N-ethyl adjacent to an activating group) is 1. The van der Waals surface area contributed by atoms with Gasteiger partial charge in [-0.3, -0.25) is 4.79 Å². The highest BCUT2D eigenvalue weighted by Gasteiger charge is 2.30. The third-order valence-electron chi connectivity index (χ3n) is 4.00. The van der Waals surface area contributed by atoms with Gasteiger partial charge in [0.2, 0.25) is 0 Å². The summed E-state index contributed by atoms with van der Waals surface area (Å²) in [5.74, 6) is 0.120. The van der Waals surface area contributed by atoms with Crippen molar-refractivity contribution in [1.29, 1.82) is 0 Å². The number of rotatable bonds is 1. The molecule has 0 N–H and O–H groups in total. The first-order valence-corrected chi connectivity index (χ1v) is 6.59. The normalized spacial score (nSPS) is 18.3. The number of amides is 1. The number of aryl methyl sites for hydroxylation is 1. The number of fused-ring (bicyclic) bond motifs is 1. The Morgan fingerprint density at radius 3 is 2.53 bits per heavy atom. The predicted octanol–water partition coefficient (Wildman–Crippen LogP) is 3.36. The summed E-state index contributed by atoms with van der Waals surface area (Å²) in [5.41, 5.74) is 4.48. The van der Waals surface area contributed by atoms with Crippen molar-refractivity contribution < 1.29 is 4.79 Å². The molecule has 1 aliphatic rings. The van der Waals surface area contributed by atoms with Crippen molar-refractivity contribution in [2.45, 2.75) is 19.4 Å². The van der Waals surface area contributed by atoms with E-state index in [1.54, 1.807) is 0 Å². The molecular weight excluding hydrogens is 234 g/mol. The van der Waals surface area contributed by atoms with Crippen LogP contribution < -0.4 is 0 Å². The Labute approximate surface area is 113 Å². The van der Waals surface area contributed by atoms with Gasteiger partial charge >= 0.3 is 0 Å². The van der Waals surface area contributed by atoms with Crippen molar-refractivity contribution in [3.63, 3.8) is 0 Å². The first-order chi connectivity index (χ1) is 9.18. The molecule has 1 amide bonds. The largest absolute Gasteiger partial charge is 0.334 e. The zero-order valence-electron chi connectivity index (χ0n) is 11.3. The molecule has 1 atom stereocenters. The Bertz CT molecular complexity index is 633. The van der Waals surface area contributed by atoms with Gasteiger partial charge < -0.3 is 4.90 Å². The molecule has 0 aromatic heterocycles. The smallest absolute Gasteiger partial charge is 0.254 e. The fourth-order valence-electron chi connectivity index (χ4n) is 2.86. The van der Waals surface area contributed by atoms with Crippen LogP contribution in [-0.2, 0) is 6.42 Å². The molecule has 19 heavy (non-hydrogen) atoms. The Kier molecular flexibility index (Phi) is 2.86. The van der Waals surface area contributed by atoms with E-state index in [0.29, 0.717) is 0 Å². The summed E-state index contributed by atoms with van der Waals surface area (Å²) in [6.45, 7) is 2.11. The highest BCUT2D eigenvalue weighted by atomic mass is 16.2. The molecule has 2 aromatic rings. The number of nitrogens with zero attached hydrogens (tertiary/aromatic N) is 1. The lowest BCUT2D eigenvalue weighted by Gasteiger charge is -2.35. The quantitative estimate of drug-likeness (QED) is 0.761. The van der Waals surface area contributed by atoms with Gasteiger partial charge in [0.05, 0.1) is 6.04 Å². The molecule has 0 saturated heterocycles. The second-order valence-corrected chi connectivity index (χ2v) is 5.15. The second-order valence-electron chi connectivity index (χ2n) is 5.15. The highest BCUT2D eigenvalue weighted by molar-refractivity contribution is 5.97. The van der Waals surface area contributed by atoms with Crippen LogP contribution in [0, 0.1) is 6.92 Å². The van der Waals surface area contributed by atoms with Crippen LogP contribution in [0.4, 0.5) is 0 Å². The predicted molar refractivity (Wildman–Crippen MR) is 76.2 cm³/mol. The summed E-state index contributed by atoms with van der Waals surface area (Å²) in [7, 11) is 1.90. The van der Waals surface area contributed by atoms with Crippen molar-refractivity contribution in [2.75, 3.05) is 7.05 Å². The van der Waals surface area contributed by atoms with Crippen molar-refractivity contribution in [3.05, 3.63) is 70.8 Å². The van der Waals surface area contributed by atoms with Crippen LogP contribution in [0.2, 0.25) is 0 Å². The molecule has 1 heterocycles. The van der Waals surface area contributed by atoms with Crippen molar-refractivity contribution in [2.24, 2.45) is 0 Å². The third kappa shape index (κ3) is 1.93. The Morgan fingerprint density at radius 1 is 1.05 bits per heavy atom. The van der Waals surface area contributed by atoms with Crippen molar-refractivity contribution in [1.82, 2.24) is 4.90 Å². The lowest BCUT2D eigenvalue weighted by molar-refractivity contribution is 0.0705. The molecule has 2 heteroatoms. The molecule has 0 fully saturated rings. The zero-order chi connectivity index (χ0) is 13.4. The summed E-state index contributed by atoms with van der Waals surface area (Å²) in [6, 6.07) is 16.4. The Balaban J connectivity index is 2.07. The summed E-state index contributed by atoms with van der Waals surface area (Å²) < 4.78 is 0. The molecule has 96 valence electrons. The van der Waals surface area contributed by atoms with E-state index in [4.69, 9.17) is 0 Å². The number of carbonyl (C=O) groups excluding carboxylic acids is 1. The minimum atomic E-state index is 0.120. The maximum atomic E-state index is 12.4. The molecule has 0 radical (unpaired) electrons. The number of carbonyl (C=O) groups is 1. The average Bonchev–Trinajstić information content (AvgIpc) is 2.44. The Morgan fingerprint density at radius 2 is 1.74 bits per heavy atom. The van der Waals surface area contributed by atoms with Crippen LogP contribution in [0.3, 0.4) is 0 Å². The van der Waals surface area contributed by atoms with Gasteiger partial charge in [0.15, 0.2) is 0 Å². The molecule has 3 rings (SSSR count). The van der Waals surface area contributed by atoms with Gasteiger partial charge in [-0.25, -0.2) is 0 Å². The van der Waals surface area contributed by atoms with E-state index in [1.807, 2.05) is 42.3 Å². The molecule has 2 nitrogen and oxygen atoms in total. The molecule has 1 aliphatic heterocycles. The molecule has 0 spiro atoms. The summed E-state index contributed by atoms with van der Waals surface area (Å²) in [5, 5.41) is 0. The summed E-state index contributed by atoms with van der Waals surface area (Å²) in [6.07, 6.45) is 0.892. The van der Waals surface area contributed by atoms with Gasteiger partial charge in [-0.05, 0) is 36.1 Å². The zero-order valence-corrected chi connectivity index (χ0v) is 11.3. The van der Waals surface area contributed by atoms with Crippen LogP contribution in [0.25, 0.3) is 0 Å². The van der Waals surface area contributed by atoms with E-state index < -0.39 is 0 Å². The van der Waals surface area contributed by atoms with Gasteiger partial charge in [0, 0.05) is 12.6 Å². The average molecular weight is 251 g/mol. The minimum Gasteiger partial charge on any atom is -0.334 e. The van der Waals surface area contributed by atoms with E-state index in [-0.39, 0.29) is 11.9 Å². The van der Waals surface area contributed by atoms with Crippen LogP contribution in [0.15, 0.2) is 48.5 Å². The van der Waals surface area contributed by atoms with E-state index in [2.05, 4.69) is 25.1 Å². The minimum absolute atomic E-state index is 0.120. The maximum absolute atomic E-state index is 12.4. The fraction of sp³-hybridized carbons (Fsp3) is 0.235. The molecule has 1 unspecified atom stereocenters. The third-order valence-corrected chi connectivity index (χ3v) is 4.00. The molecule has 0 saturated carbocycles.